The highest BCUT2D eigenvalue weighted by atomic mass is 35.5. The van der Waals surface area contributed by atoms with Gasteiger partial charge < -0.3 is 5.73 Å². The lowest BCUT2D eigenvalue weighted by atomic mass is 9.78. The minimum absolute atomic E-state index is 0.138. The molecule has 3 N–H and O–H groups in total. The molecule has 0 aliphatic heterocycles. The van der Waals surface area contributed by atoms with Crippen molar-refractivity contribution in [2.24, 2.45) is 11.8 Å². The van der Waals surface area contributed by atoms with Gasteiger partial charge in [-0.05, 0) is 30.4 Å². The molecule has 0 heterocycles. The van der Waals surface area contributed by atoms with Crippen LogP contribution in [-0.4, -0.2) is 14.5 Å². The number of hydrogen-bond donors (Lipinski definition) is 2. The first-order chi connectivity index (χ1) is 9.72. The maximum Gasteiger partial charge on any atom is 0.242 e. The molecule has 1 saturated carbocycles. The van der Waals surface area contributed by atoms with Crippen LogP contribution in [0.3, 0.4) is 0 Å². The molecule has 1 aliphatic carbocycles. The van der Waals surface area contributed by atoms with E-state index < -0.39 is 15.8 Å². The van der Waals surface area contributed by atoms with Crippen molar-refractivity contribution in [3.05, 3.63) is 23.0 Å². The first kappa shape index (κ1) is 16.5. The van der Waals surface area contributed by atoms with Crippen molar-refractivity contribution in [2.75, 3.05) is 5.73 Å². The fourth-order valence-electron chi connectivity index (χ4n) is 2.76. The topological polar surface area (TPSA) is 72.2 Å². The molecule has 1 aromatic rings. The van der Waals surface area contributed by atoms with E-state index in [0.717, 1.165) is 31.4 Å². The molecule has 1 fully saturated rings. The number of hydrogen-bond acceptors (Lipinski definition) is 3. The van der Waals surface area contributed by atoms with Crippen LogP contribution in [0.1, 0.15) is 33.1 Å². The summed E-state index contributed by atoms with van der Waals surface area (Å²) in [7, 11) is -3.81. The van der Waals surface area contributed by atoms with E-state index in [1.54, 1.807) is 0 Å². The Morgan fingerprint density at radius 1 is 1.33 bits per heavy atom. The van der Waals surface area contributed by atoms with Crippen LogP contribution >= 0.6 is 11.6 Å². The second-order valence-corrected chi connectivity index (χ2v) is 7.89. The van der Waals surface area contributed by atoms with Crippen LogP contribution in [0.15, 0.2) is 17.0 Å². The Morgan fingerprint density at radius 2 is 2.00 bits per heavy atom. The van der Waals surface area contributed by atoms with Crippen molar-refractivity contribution in [3.8, 4) is 0 Å². The van der Waals surface area contributed by atoms with E-state index in [2.05, 4.69) is 11.6 Å². The molecule has 1 aliphatic rings. The molecular formula is C14H20ClFN2O2S. The molecule has 1 aromatic carbocycles. The fourth-order valence-corrected chi connectivity index (χ4v) is 4.67. The first-order valence-corrected chi connectivity index (χ1v) is 8.85. The number of benzene rings is 1. The van der Waals surface area contributed by atoms with E-state index in [4.69, 9.17) is 17.3 Å². The number of sulfonamides is 1. The summed E-state index contributed by atoms with van der Waals surface area (Å²) in [6.45, 7) is 4.16. The molecule has 0 aromatic heterocycles. The lowest BCUT2D eigenvalue weighted by Gasteiger charge is -2.34. The summed E-state index contributed by atoms with van der Waals surface area (Å²) in [6, 6.07) is 1.86. The molecule has 4 nitrogen and oxygen atoms in total. The summed E-state index contributed by atoms with van der Waals surface area (Å²) in [5, 5.41) is -0.161. The van der Waals surface area contributed by atoms with Gasteiger partial charge in [0, 0.05) is 6.04 Å². The first-order valence-electron chi connectivity index (χ1n) is 6.99. The van der Waals surface area contributed by atoms with Gasteiger partial charge in [-0.15, -0.1) is 0 Å². The van der Waals surface area contributed by atoms with Gasteiger partial charge in [0.05, 0.1) is 10.7 Å². The van der Waals surface area contributed by atoms with Crippen molar-refractivity contribution in [2.45, 2.75) is 44.0 Å². The Balaban J connectivity index is 2.28. The molecule has 0 saturated heterocycles. The van der Waals surface area contributed by atoms with Gasteiger partial charge in [-0.1, -0.05) is 38.3 Å². The third-order valence-corrected chi connectivity index (χ3v) is 6.31. The highest BCUT2D eigenvalue weighted by Crippen LogP contribution is 2.32. The Bertz CT molecular complexity index is 636. The van der Waals surface area contributed by atoms with E-state index >= 15 is 0 Å². The van der Waals surface area contributed by atoms with Gasteiger partial charge in [-0.2, -0.15) is 0 Å². The molecule has 0 bridgehead atoms. The van der Waals surface area contributed by atoms with Gasteiger partial charge in [0.15, 0.2) is 0 Å². The summed E-state index contributed by atoms with van der Waals surface area (Å²) >= 11 is 5.85. The van der Waals surface area contributed by atoms with Crippen LogP contribution in [0.4, 0.5) is 10.1 Å². The van der Waals surface area contributed by atoms with Crippen LogP contribution < -0.4 is 10.5 Å². The zero-order valence-corrected chi connectivity index (χ0v) is 13.6. The predicted octanol–water partition coefficient (Wildman–Crippen LogP) is 3.16. The molecule has 3 unspecified atom stereocenters. The zero-order chi connectivity index (χ0) is 15.8. The van der Waals surface area contributed by atoms with E-state index in [9.17, 15) is 12.8 Å². The summed E-state index contributed by atoms with van der Waals surface area (Å²) < 4.78 is 40.9. The Labute approximate surface area is 129 Å². The minimum Gasteiger partial charge on any atom is -0.396 e. The predicted molar refractivity (Wildman–Crippen MR) is 82.1 cm³/mol. The quantitative estimate of drug-likeness (QED) is 0.834. The average Bonchev–Trinajstić information content (AvgIpc) is 2.39. The molecule has 0 spiro atoms. The van der Waals surface area contributed by atoms with Crippen LogP contribution in [0.25, 0.3) is 0 Å². The number of anilines is 1. The standard InChI is InChI=1S/C14H20ClFN2O2S/c1-8-4-3-5-13(9(8)2)18-21(19,20)14-7-12(17)11(16)6-10(14)15/h6-9,13,18H,3-5,17H2,1-2H3. The molecular weight excluding hydrogens is 315 g/mol. The van der Waals surface area contributed by atoms with Gasteiger partial charge in [-0.3, -0.25) is 0 Å². The summed E-state index contributed by atoms with van der Waals surface area (Å²) in [4.78, 5) is -0.173. The van der Waals surface area contributed by atoms with Crippen molar-refractivity contribution in [3.63, 3.8) is 0 Å². The second-order valence-electron chi connectivity index (χ2n) is 5.80. The van der Waals surface area contributed by atoms with Crippen LogP contribution in [0.5, 0.6) is 0 Å². The maximum atomic E-state index is 13.3. The number of nitrogens with one attached hydrogen (secondary N) is 1. The highest BCUT2D eigenvalue weighted by molar-refractivity contribution is 7.89. The van der Waals surface area contributed by atoms with Crippen LogP contribution in [-0.2, 0) is 10.0 Å². The Morgan fingerprint density at radius 3 is 2.67 bits per heavy atom. The van der Waals surface area contributed by atoms with Gasteiger partial charge in [-0.25, -0.2) is 17.5 Å². The minimum atomic E-state index is -3.81. The summed E-state index contributed by atoms with van der Waals surface area (Å²) in [5.41, 5.74) is 5.21. The number of halogens is 2. The van der Waals surface area contributed by atoms with Crippen LogP contribution in [0, 0.1) is 17.7 Å². The molecule has 7 heteroatoms. The van der Waals surface area contributed by atoms with Crippen LogP contribution in [0.2, 0.25) is 5.02 Å². The van der Waals surface area contributed by atoms with Crippen molar-refractivity contribution in [1.82, 2.24) is 4.72 Å². The third kappa shape index (κ3) is 3.49. The van der Waals surface area contributed by atoms with E-state index in [1.165, 1.54) is 0 Å². The Hall–Kier alpha value is -0.850. The maximum absolute atomic E-state index is 13.3. The van der Waals surface area contributed by atoms with Gasteiger partial charge in [0.1, 0.15) is 10.7 Å². The monoisotopic (exact) mass is 334 g/mol. The largest absolute Gasteiger partial charge is 0.396 e. The zero-order valence-electron chi connectivity index (χ0n) is 12.1. The normalized spacial score (nSPS) is 26.8. The third-order valence-electron chi connectivity index (χ3n) is 4.35. The van der Waals surface area contributed by atoms with Gasteiger partial charge >= 0.3 is 0 Å². The molecule has 3 atom stereocenters. The molecule has 118 valence electrons. The van der Waals surface area contributed by atoms with E-state index in [-0.39, 0.29) is 27.6 Å². The average molecular weight is 335 g/mol. The van der Waals surface area contributed by atoms with E-state index in [1.807, 2.05) is 6.92 Å². The highest BCUT2D eigenvalue weighted by Gasteiger charge is 2.31. The lowest BCUT2D eigenvalue weighted by molar-refractivity contribution is 0.227. The lowest BCUT2D eigenvalue weighted by Crippen LogP contribution is -2.43. The second kappa shape index (κ2) is 6.10. The number of nitrogens with two attached hydrogens (primary N) is 1. The smallest absolute Gasteiger partial charge is 0.242 e. The molecule has 21 heavy (non-hydrogen) atoms. The Kier molecular flexibility index (Phi) is 4.80. The SMILES string of the molecule is CC1CCCC(NS(=O)(=O)c2cc(N)c(F)cc2Cl)C1C. The van der Waals surface area contributed by atoms with Gasteiger partial charge in [0.25, 0.3) is 0 Å². The fraction of sp³-hybridized carbons (Fsp3) is 0.571. The number of nitrogen functional groups attached to an aromatic ring is 1. The number of rotatable bonds is 3. The van der Waals surface area contributed by atoms with Crippen molar-refractivity contribution < 1.29 is 12.8 Å². The summed E-state index contributed by atoms with van der Waals surface area (Å²) in [6.07, 6.45) is 2.88. The summed E-state index contributed by atoms with van der Waals surface area (Å²) in [5.74, 6) is -0.0242. The van der Waals surface area contributed by atoms with E-state index in [0.29, 0.717) is 5.92 Å². The molecule has 0 radical (unpaired) electrons. The van der Waals surface area contributed by atoms with Crippen molar-refractivity contribution in [1.29, 1.82) is 0 Å². The molecule has 2 rings (SSSR count). The molecule has 0 amide bonds. The van der Waals surface area contributed by atoms with Gasteiger partial charge in [0.2, 0.25) is 10.0 Å². The van der Waals surface area contributed by atoms with Crippen molar-refractivity contribution >= 4 is 27.3 Å².